The number of sulfone groups is 1. The van der Waals surface area contributed by atoms with Gasteiger partial charge in [0.25, 0.3) is 0 Å². The predicted octanol–water partition coefficient (Wildman–Crippen LogP) is 1.27. The zero-order chi connectivity index (χ0) is 18.2. The SMILES string of the molecule is CC(C(=O)Nc1nc2ccc(S(C)(=O)=O)cc2s1)N1CCN(C)CC1. The monoisotopic (exact) mass is 382 g/mol. The number of carbonyl (C=O) groups excluding carboxylic acids is 1. The lowest BCUT2D eigenvalue weighted by Gasteiger charge is -2.35. The number of fused-ring (bicyclic) bond motifs is 1. The molecule has 1 fully saturated rings. The molecule has 1 aromatic carbocycles. The number of benzene rings is 1. The van der Waals surface area contributed by atoms with E-state index in [1.54, 1.807) is 12.1 Å². The summed E-state index contributed by atoms with van der Waals surface area (Å²) in [5.74, 6) is -0.0908. The zero-order valence-electron chi connectivity index (χ0n) is 14.5. The van der Waals surface area contributed by atoms with Gasteiger partial charge in [0.1, 0.15) is 0 Å². The molecule has 1 saturated heterocycles. The molecule has 0 aliphatic carbocycles. The second kappa shape index (κ2) is 6.99. The highest BCUT2D eigenvalue weighted by atomic mass is 32.2. The molecule has 1 aliphatic heterocycles. The van der Waals surface area contributed by atoms with E-state index in [1.165, 1.54) is 23.7 Å². The van der Waals surface area contributed by atoms with Gasteiger partial charge in [-0.3, -0.25) is 9.69 Å². The van der Waals surface area contributed by atoms with E-state index in [1.807, 2.05) is 6.92 Å². The van der Waals surface area contributed by atoms with E-state index < -0.39 is 9.84 Å². The van der Waals surface area contributed by atoms with Gasteiger partial charge in [0.2, 0.25) is 5.91 Å². The molecule has 25 heavy (non-hydrogen) atoms. The van der Waals surface area contributed by atoms with Gasteiger partial charge in [0.15, 0.2) is 15.0 Å². The van der Waals surface area contributed by atoms with Crippen LogP contribution in [-0.2, 0) is 14.6 Å². The third-order valence-electron chi connectivity index (χ3n) is 4.48. The minimum Gasteiger partial charge on any atom is -0.304 e. The normalized spacial score (nSPS) is 18.4. The van der Waals surface area contributed by atoms with Crippen LogP contribution in [-0.4, -0.2) is 74.6 Å². The van der Waals surface area contributed by atoms with Crippen LogP contribution in [0.5, 0.6) is 0 Å². The number of thiazole rings is 1. The Labute approximate surface area is 151 Å². The summed E-state index contributed by atoms with van der Waals surface area (Å²) in [4.78, 5) is 21.5. The van der Waals surface area contributed by atoms with E-state index in [4.69, 9.17) is 0 Å². The van der Waals surface area contributed by atoms with Crippen molar-refractivity contribution in [1.29, 1.82) is 0 Å². The number of amides is 1. The Balaban J connectivity index is 1.73. The molecule has 7 nitrogen and oxygen atoms in total. The summed E-state index contributed by atoms with van der Waals surface area (Å²) in [7, 11) is -1.18. The van der Waals surface area contributed by atoms with E-state index >= 15 is 0 Å². The summed E-state index contributed by atoms with van der Waals surface area (Å²) in [5, 5.41) is 3.35. The van der Waals surface area contributed by atoms with Crippen molar-refractivity contribution in [3.8, 4) is 0 Å². The number of carbonyl (C=O) groups is 1. The first kappa shape index (κ1) is 18.2. The van der Waals surface area contributed by atoms with E-state index in [9.17, 15) is 13.2 Å². The summed E-state index contributed by atoms with van der Waals surface area (Å²) in [5.41, 5.74) is 0.681. The van der Waals surface area contributed by atoms with Crippen molar-refractivity contribution >= 4 is 42.4 Å². The Morgan fingerprint density at radius 1 is 1.28 bits per heavy atom. The van der Waals surface area contributed by atoms with Crippen molar-refractivity contribution in [1.82, 2.24) is 14.8 Å². The third kappa shape index (κ3) is 4.17. The summed E-state index contributed by atoms with van der Waals surface area (Å²) >= 11 is 1.29. The molecular weight excluding hydrogens is 360 g/mol. The molecule has 2 aromatic rings. The van der Waals surface area contributed by atoms with Gasteiger partial charge in [-0.25, -0.2) is 13.4 Å². The fourth-order valence-corrected chi connectivity index (χ4v) is 4.40. The van der Waals surface area contributed by atoms with Crippen LogP contribution in [0, 0.1) is 0 Å². The Hall–Kier alpha value is -1.55. The number of piperazine rings is 1. The first-order valence-corrected chi connectivity index (χ1v) is 10.8. The fourth-order valence-electron chi connectivity index (χ4n) is 2.77. The standard InChI is InChI=1S/C16H22N4O3S2/c1-11(20-8-6-19(2)7-9-20)15(21)18-16-17-13-5-4-12(25(3,22)23)10-14(13)24-16/h4-5,10-11H,6-9H2,1-3H3,(H,17,18,21). The van der Waals surface area contributed by atoms with E-state index in [2.05, 4.69) is 27.1 Å². The average molecular weight is 383 g/mol. The molecule has 1 amide bonds. The van der Waals surface area contributed by atoms with Crippen LogP contribution in [0.4, 0.5) is 5.13 Å². The Bertz CT molecular complexity index is 886. The zero-order valence-corrected chi connectivity index (χ0v) is 16.2. The van der Waals surface area contributed by atoms with Crippen LogP contribution < -0.4 is 5.32 Å². The number of aromatic nitrogens is 1. The van der Waals surface area contributed by atoms with Gasteiger partial charge < -0.3 is 10.2 Å². The average Bonchev–Trinajstić information content (AvgIpc) is 2.95. The van der Waals surface area contributed by atoms with Crippen LogP contribution in [0.25, 0.3) is 10.2 Å². The van der Waals surface area contributed by atoms with E-state index in [0.29, 0.717) is 10.6 Å². The van der Waals surface area contributed by atoms with Crippen molar-refractivity contribution in [2.24, 2.45) is 0 Å². The second-order valence-corrected chi connectivity index (χ2v) is 9.47. The first-order valence-electron chi connectivity index (χ1n) is 8.08. The first-order chi connectivity index (χ1) is 11.7. The van der Waals surface area contributed by atoms with Crippen LogP contribution in [0.2, 0.25) is 0 Å². The van der Waals surface area contributed by atoms with E-state index in [0.717, 1.165) is 30.9 Å². The molecule has 0 radical (unpaired) electrons. The number of hydrogen-bond donors (Lipinski definition) is 1. The molecule has 1 aromatic heterocycles. The number of rotatable bonds is 4. The topological polar surface area (TPSA) is 82.6 Å². The van der Waals surface area contributed by atoms with Gasteiger partial charge in [-0.2, -0.15) is 0 Å². The minimum absolute atomic E-state index is 0.0908. The highest BCUT2D eigenvalue weighted by Crippen LogP contribution is 2.28. The summed E-state index contributed by atoms with van der Waals surface area (Å²) < 4.78 is 24.0. The molecule has 1 N–H and O–H groups in total. The molecule has 0 saturated carbocycles. The lowest BCUT2D eigenvalue weighted by Crippen LogP contribution is -2.51. The van der Waals surface area contributed by atoms with Crippen LogP contribution in [0.1, 0.15) is 6.92 Å². The highest BCUT2D eigenvalue weighted by molar-refractivity contribution is 7.90. The van der Waals surface area contributed by atoms with Gasteiger partial charge in [-0.05, 0) is 32.2 Å². The minimum atomic E-state index is -3.26. The summed E-state index contributed by atoms with van der Waals surface area (Å²) in [6.07, 6.45) is 1.18. The van der Waals surface area contributed by atoms with Gasteiger partial charge in [0, 0.05) is 32.4 Å². The van der Waals surface area contributed by atoms with E-state index in [-0.39, 0.29) is 16.8 Å². The predicted molar refractivity (Wildman–Crippen MR) is 99.9 cm³/mol. The van der Waals surface area contributed by atoms with Gasteiger partial charge in [-0.15, -0.1) is 0 Å². The lowest BCUT2D eigenvalue weighted by atomic mass is 10.2. The molecule has 2 heterocycles. The Morgan fingerprint density at radius 3 is 2.60 bits per heavy atom. The molecule has 0 bridgehead atoms. The van der Waals surface area contributed by atoms with Crippen molar-refractivity contribution in [3.05, 3.63) is 18.2 Å². The second-order valence-electron chi connectivity index (χ2n) is 6.43. The van der Waals surface area contributed by atoms with Gasteiger partial charge >= 0.3 is 0 Å². The molecule has 1 unspecified atom stereocenters. The van der Waals surface area contributed by atoms with Gasteiger partial charge in [-0.1, -0.05) is 11.3 Å². The summed E-state index contributed by atoms with van der Waals surface area (Å²) in [6, 6.07) is 4.58. The van der Waals surface area contributed by atoms with Crippen molar-refractivity contribution in [2.75, 3.05) is 44.8 Å². The molecular formula is C16H22N4O3S2. The summed E-state index contributed by atoms with van der Waals surface area (Å²) in [6.45, 7) is 5.53. The number of likely N-dealkylation sites (N-methyl/N-ethyl adjacent to an activating group) is 1. The highest BCUT2D eigenvalue weighted by Gasteiger charge is 2.25. The molecule has 1 aliphatic rings. The fraction of sp³-hybridized carbons (Fsp3) is 0.500. The number of nitrogens with one attached hydrogen (secondary N) is 1. The molecule has 136 valence electrons. The van der Waals surface area contributed by atoms with Crippen LogP contribution >= 0.6 is 11.3 Å². The lowest BCUT2D eigenvalue weighted by molar-refractivity contribution is -0.121. The van der Waals surface area contributed by atoms with Crippen molar-refractivity contribution in [3.63, 3.8) is 0 Å². The van der Waals surface area contributed by atoms with Crippen molar-refractivity contribution in [2.45, 2.75) is 17.9 Å². The molecule has 0 spiro atoms. The van der Waals surface area contributed by atoms with Crippen molar-refractivity contribution < 1.29 is 13.2 Å². The Morgan fingerprint density at radius 2 is 1.96 bits per heavy atom. The maximum Gasteiger partial charge on any atom is 0.243 e. The van der Waals surface area contributed by atoms with Crippen LogP contribution in [0.3, 0.4) is 0 Å². The third-order valence-corrected chi connectivity index (χ3v) is 6.53. The number of anilines is 1. The Kier molecular flexibility index (Phi) is 5.10. The molecule has 9 heteroatoms. The maximum atomic E-state index is 12.5. The molecule has 1 atom stereocenters. The smallest absolute Gasteiger partial charge is 0.243 e. The van der Waals surface area contributed by atoms with Crippen LogP contribution in [0.15, 0.2) is 23.1 Å². The van der Waals surface area contributed by atoms with Gasteiger partial charge in [0.05, 0.1) is 21.2 Å². The number of nitrogens with zero attached hydrogens (tertiary/aromatic N) is 3. The molecule has 3 rings (SSSR count). The maximum absolute atomic E-state index is 12.5. The quantitative estimate of drug-likeness (QED) is 0.858. The number of hydrogen-bond acceptors (Lipinski definition) is 7. The largest absolute Gasteiger partial charge is 0.304 e.